The fourth-order valence-corrected chi connectivity index (χ4v) is 5.19. The minimum absolute atomic E-state index is 0.312. The van der Waals surface area contributed by atoms with Crippen molar-refractivity contribution < 1.29 is 18.9 Å². The first-order valence-electron chi connectivity index (χ1n) is 12.7. The second-order valence-electron chi connectivity index (χ2n) is 9.61. The Labute approximate surface area is 218 Å². The second kappa shape index (κ2) is 9.74. The van der Waals surface area contributed by atoms with Crippen LogP contribution in [0.3, 0.4) is 0 Å². The van der Waals surface area contributed by atoms with Gasteiger partial charge in [-0.1, -0.05) is 36.4 Å². The largest absolute Gasteiger partial charge is 0.496 e. The summed E-state index contributed by atoms with van der Waals surface area (Å²) in [6.07, 6.45) is 2.26. The maximum Gasteiger partial charge on any atom is 0.161 e. The van der Waals surface area contributed by atoms with E-state index in [2.05, 4.69) is 53.4 Å². The quantitative estimate of drug-likeness (QED) is 0.256. The number of anilines is 2. The molecule has 0 bridgehead atoms. The minimum atomic E-state index is -0.312. The van der Waals surface area contributed by atoms with E-state index in [0.29, 0.717) is 11.5 Å². The third-order valence-corrected chi connectivity index (χ3v) is 7.27. The van der Waals surface area contributed by atoms with Crippen molar-refractivity contribution in [1.29, 1.82) is 0 Å². The summed E-state index contributed by atoms with van der Waals surface area (Å²) in [7, 11) is 5.01. The summed E-state index contributed by atoms with van der Waals surface area (Å²) < 4.78 is 23.6. The Hall–Kier alpha value is -4.12. The molecule has 0 amide bonds. The summed E-state index contributed by atoms with van der Waals surface area (Å²) in [5.41, 5.74) is 6.55. The lowest BCUT2D eigenvalue weighted by atomic mass is 9.88. The normalized spacial score (nSPS) is 15.7. The van der Waals surface area contributed by atoms with Crippen LogP contribution in [0.1, 0.15) is 30.1 Å². The number of rotatable bonds is 8. The molecule has 1 fully saturated rings. The van der Waals surface area contributed by atoms with Gasteiger partial charge in [-0.3, -0.25) is 0 Å². The van der Waals surface area contributed by atoms with E-state index in [0.717, 1.165) is 51.9 Å². The van der Waals surface area contributed by atoms with Crippen LogP contribution in [-0.2, 0) is 0 Å². The van der Waals surface area contributed by atoms with Crippen LogP contribution < -0.4 is 23.8 Å². The highest BCUT2D eigenvalue weighted by Crippen LogP contribution is 2.51. The lowest BCUT2D eigenvalue weighted by molar-refractivity contribution is 0.241. The topological polar surface area (TPSA) is 40.2 Å². The standard InChI is InChI=1S/C32H31NO4/c1-34-27-17-14-22(18-30(27)36-3)32-26-19-24(33(20-21-12-13-21)23-8-5-4-6-9-23)15-16-25(26)31-28(35-2)10-7-11-29(31)37-32/h4-11,14-19,21,32H,12-13,20H2,1-3H3. The van der Waals surface area contributed by atoms with Gasteiger partial charge in [0.05, 0.1) is 26.9 Å². The summed E-state index contributed by atoms with van der Waals surface area (Å²) in [4.78, 5) is 2.43. The van der Waals surface area contributed by atoms with Crippen molar-refractivity contribution in [2.24, 2.45) is 5.92 Å². The van der Waals surface area contributed by atoms with Gasteiger partial charge in [-0.05, 0) is 72.9 Å². The van der Waals surface area contributed by atoms with Crippen LogP contribution in [0.15, 0.2) is 84.9 Å². The van der Waals surface area contributed by atoms with E-state index < -0.39 is 0 Å². The molecule has 4 aromatic rings. The van der Waals surface area contributed by atoms with Crippen LogP contribution in [0.4, 0.5) is 11.4 Å². The van der Waals surface area contributed by atoms with Gasteiger partial charge in [0.25, 0.3) is 0 Å². The van der Waals surface area contributed by atoms with Crippen molar-refractivity contribution >= 4 is 11.4 Å². The molecule has 1 heterocycles. The van der Waals surface area contributed by atoms with Gasteiger partial charge >= 0.3 is 0 Å². The highest BCUT2D eigenvalue weighted by molar-refractivity contribution is 5.84. The molecule has 0 radical (unpaired) electrons. The van der Waals surface area contributed by atoms with E-state index in [1.54, 1.807) is 21.3 Å². The molecule has 5 nitrogen and oxygen atoms in total. The zero-order valence-electron chi connectivity index (χ0n) is 21.4. The number of fused-ring (bicyclic) bond motifs is 3. The molecule has 2 aliphatic rings. The SMILES string of the molecule is COc1ccc(C2Oc3cccc(OC)c3-c3ccc(N(CC4CC4)c4ccccc4)cc32)cc1OC. The molecule has 1 atom stereocenters. The predicted molar refractivity (Wildman–Crippen MR) is 147 cm³/mol. The van der Waals surface area contributed by atoms with Gasteiger partial charge < -0.3 is 23.8 Å². The lowest BCUT2D eigenvalue weighted by Gasteiger charge is -2.32. The van der Waals surface area contributed by atoms with E-state index in [1.165, 1.54) is 18.5 Å². The Morgan fingerprint density at radius 2 is 1.51 bits per heavy atom. The molecule has 0 spiro atoms. The van der Waals surface area contributed by atoms with Gasteiger partial charge in [0, 0.05) is 29.0 Å². The third-order valence-electron chi connectivity index (χ3n) is 7.27. The van der Waals surface area contributed by atoms with Crippen molar-refractivity contribution in [2.45, 2.75) is 18.9 Å². The first kappa shape index (κ1) is 23.3. The average Bonchev–Trinajstić information content (AvgIpc) is 3.79. The summed E-state index contributed by atoms with van der Waals surface area (Å²) >= 11 is 0. The zero-order chi connectivity index (χ0) is 25.4. The summed E-state index contributed by atoms with van der Waals surface area (Å²) in [5.74, 6) is 3.71. The van der Waals surface area contributed by atoms with Crippen LogP contribution >= 0.6 is 0 Å². The molecule has 5 heteroatoms. The Balaban J connectivity index is 1.52. The summed E-state index contributed by atoms with van der Waals surface area (Å²) in [6.45, 7) is 1.00. The molecule has 1 unspecified atom stereocenters. The van der Waals surface area contributed by atoms with Crippen LogP contribution in [-0.4, -0.2) is 27.9 Å². The van der Waals surface area contributed by atoms with Crippen LogP contribution in [0.25, 0.3) is 11.1 Å². The molecule has 0 aromatic heterocycles. The Morgan fingerprint density at radius 3 is 2.24 bits per heavy atom. The zero-order valence-corrected chi connectivity index (χ0v) is 21.4. The Bertz CT molecular complexity index is 1410. The number of nitrogens with zero attached hydrogens (tertiary/aromatic N) is 1. The molecule has 1 aliphatic heterocycles. The molecule has 1 saturated carbocycles. The van der Waals surface area contributed by atoms with Gasteiger partial charge in [0.2, 0.25) is 0 Å². The van der Waals surface area contributed by atoms with Crippen molar-refractivity contribution in [1.82, 2.24) is 0 Å². The average molecular weight is 494 g/mol. The number of para-hydroxylation sites is 1. The molecular weight excluding hydrogens is 462 g/mol. The fraction of sp³-hybridized carbons (Fsp3) is 0.250. The van der Waals surface area contributed by atoms with E-state index in [4.69, 9.17) is 18.9 Å². The van der Waals surface area contributed by atoms with E-state index in [-0.39, 0.29) is 6.10 Å². The van der Waals surface area contributed by atoms with Crippen LogP contribution in [0.2, 0.25) is 0 Å². The molecule has 1 aliphatic carbocycles. The molecule has 4 aromatic carbocycles. The van der Waals surface area contributed by atoms with Gasteiger partial charge in [-0.15, -0.1) is 0 Å². The Kier molecular flexibility index (Phi) is 6.13. The summed E-state index contributed by atoms with van der Waals surface area (Å²) in [6, 6.07) is 29.3. The maximum atomic E-state index is 6.70. The van der Waals surface area contributed by atoms with Gasteiger partial charge in [0.1, 0.15) is 17.6 Å². The third kappa shape index (κ3) is 4.35. The number of hydrogen-bond acceptors (Lipinski definition) is 5. The van der Waals surface area contributed by atoms with E-state index in [1.807, 2.05) is 36.4 Å². The maximum absolute atomic E-state index is 6.70. The molecular formula is C32H31NO4. The minimum Gasteiger partial charge on any atom is -0.496 e. The highest BCUT2D eigenvalue weighted by Gasteiger charge is 2.32. The monoisotopic (exact) mass is 493 g/mol. The number of ether oxygens (including phenoxy) is 4. The number of hydrogen-bond donors (Lipinski definition) is 0. The Morgan fingerprint density at radius 1 is 0.730 bits per heavy atom. The molecule has 37 heavy (non-hydrogen) atoms. The van der Waals surface area contributed by atoms with Gasteiger partial charge in [-0.2, -0.15) is 0 Å². The smallest absolute Gasteiger partial charge is 0.161 e. The van der Waals surface area contributed by atoms with Crippen molar-refractivity contribution in [2.75, 3.05) is 32.8 Å². The van der Waals surface area contributed by atoms with Crippen LogP contribution in [0.5, 0.6) is 23.0 Å². The van der Waals surface area contributed by atoms with Gasteiger partial charge in [-0.25, -0.2) is 0 Å². The van der Waals surface area contributed by atoms with Crippen molar-refractivity contribution in [3.63, 3.8) is 0 Å². The number of methoxy groups -OCH3 is 3. The van der Waals surface area contributed by atoms with Crippen molar-refractivity contribution in [3.05, 3.63) is 96.1 Å². The second-order valence-corrected chi connectivity index (χ2v) is 9.61. The molecule has 6 rings (SSSR count). The highest BCUT2D eigenvalue weighted by atomic mass is 16.5. The number of benzene rings is 4. The first-order valence-corrected chi connectivity index (χ1v) is 12.7. The molecule has 0 N–H and O–H groups in total. The van der Waals surface area contributed by atoms with Crippen LogP contribution in [0, 0.1) is 5.92 Å². The fourth-order valence-electron chi connectivity index (χ4n) is 5.19. The van der Waals surface area contributed by atoms with Gasteiger partial charge in [0.15, 0.2) is 11.5 Å². The van der Waals surface area contributed by atoms with E-state index in [9.17, 15) is 0 Å². The predicted octanol–water partition coefficient (Wildman–Crippen LogP) is 7.41. The first-order chi connectivity index (χ1) is 18.2. The van der Waals surface area contributed by atoms with Crippen molar-refractivity contribution in [3.8, 4) is 34.1 Å². The molecule has 0 saturated heterocycles. The molecule has 188 valence electrons. The van der Waals surface area contributed by atoms with E-state index >= 15 is 0 Å². The lowest BCUT2D eigenvalue weighted by Crippen LogP contribution is -2.21. The summed E-state index contributed by atoms with van der Waals surface area (Å²) in [5, 5.41) is 0.